The summed E-state index contributed by atoms with van der Waals surface area (Å²) >= 11 is 0. The minimum atomic E-state index is -1.31. The first-order valence-electron chi connectivity index (χ1n) is 6.86. The number of esters is 1. The van der Waals surface area contributed by atoms with E-state index in [0.717, 1.165) is 5.56 Å². The number of rotatable bonds is 8. The van der Waals surface area contributed by atoms with Crippen molar-refractivity contribution in [2.24, 2.45) is 5.73 Å². The summed E-state index contributed by atoms with van der Waals surface area (Å²) in [6, 6.07) is 7.11. The Hall–Kier alpha value is -2.41. The maximum absolute atomic E-state index is 12.0. The fourth-order valence-electron chi connectivity index (χ4n) is 1.64. The second-order valence-corrected chi connectivity index (χ2v) is 4.85. The van der Waals surface area contributed by atoms with Crippen LogP contribution in [0.1, 0.15) is 25.3 Å². The Balaban J connectivity index is 2.61. The number of benzene rings is 1. The predicted molar refractivity (Wildman–Crippen MR) is 76.1 cm³/mol. The molecule has 0 radical (unpaired) electrons. The van der Waals surface area contributed by atoms with E-state index < -0.39 is 29.9 Å². The lowest BCUT2D eigenvalue weighted by Crippen LogP contribution is -2.48. The summed E-state index contributed by atoms with van der Waals surface area (Å²) in [6.07, 6.45) is -0.487. The van der Waals surface area contributed by atoms with Gasteiger partial charge in [0.15, 0.2) is 0 Å². The zero-order chi connectivity index (χ0) is 16.5. The molecule has 0 saturated carbocycles. The summed E-state index contributed by atoms with van der Waals surface area (Å²) in [5, 5.41) is 12.9. The number of nitrogens with one attached hydrogen (secondary N) is 1. The van der Waals surface area contributed by atoms with Crippen molar-refractivity contribution in [1.82, 2.24) is 5.32 Å². The summed E-state index contributed by atoms with van der Waals surface area (Å²) in [7, 11) is 0. The number of carboxylic acids is 1. The van der Waals surface area contributed by atoms with Crippen LogP contribution in [0.15, 0.2) is 30.3 Å². The SMILES string of the molecule is C[C@H](N)C(=O)N[C@H](CCC(=O)[O-])C(=O)OCc1ccccc1. The molecule has 0 aliphatic heterocycles. The number of carbonyl (C=O) groups is 3. The Morgan fingerprint density at radius 1 is 1.27 bits per heavy atom. The van der Waals surface area contributed by atoms with Crippen molar-refractivity contribution in [3.05, 3.63) is 35.9 Å². The van der Waals surface area contributed by atoms with Crippen LogP contribution in [-0.2, 0) is 25.7 Å². The third-order valence-electron chi connectivity index (χ3n) is 2.88. The average Bonchev–Trinajstić information content (AvgIpc) is 2.49. The molecule has 0 spiro atoms. The number of ether oxygens (including phenoxy) is 1. The molecule has 120 valence electrons. The summed E-state index contributed by atoms with van der Waals surface area (Å²) in [6.45, 7) is 1.50. The molecule has 7 heteroatoms. The molecule has 0 aliphatic carbocycles. The first-order chi connectivity index (χ1) is 10.4. The third kappa shape index (κ3) is 6.36. The predicted octanol–water partition coefficient (Wildman–Crippen LogP) is -0.908. The molecule has 0 fully saturated rings. The van der Waals surface area contributed by atoms with Crippen LogP contribution >= 0.6 is 0 Å². The van der Waals surface area contributed by atoms with E-state index in [9.17, 15) is 19.5 Å². The molecule has 1 aromatic carbocycles. The zero-order valence-corrected chi connectivity index (χ0v) is 12.3. The Morgan fingerprint density at radius 2 is 1.91 bits per heavy atom. The molecule has 0 unspecified atom stereocenters. The smallest absolute Gasteiger partial charge is 0.328 e. The first-order valence-corrected chi connectivity index (χ1v) is 6.86. The van der Waals surface area contributed by atoms with E-state index in [4.69, 9.17) is 10.5 Å². The summed E-state index contributed by atoms with van der Waals surface area (Å²) in [5.74, 6) is -2.57. The molecule has 2 atom stereocenters. The number of carbonyl (C=O) groups excluding carboxylic acids is 3. The Kier molecular flexibility index (Phi) is 7.04. The molecule has 7 nitrogen and oxygen atoms in total. The van der Waals surface area contributed by atoms with Gasteiger partial charge in [0.1, 0.15) is 12.6 Å². The van der Waals surface area contributed by atoms with Crippen LogP contribution in [0, 0.1) is 0 Å². The van der Waals surface area contributed by atoms with E-state index >= 15 is 0 Å². The number of hydrogen-bond donors (Lipinski definition) is 2. The van der Waals surface area contributed by atoms with Gasteiger partial charge in [0.25, 0.3) is 0 Å². The van der Waals surface area contributed by atoms with E-state index in [1.807, 2.05) is 6.07 Å². The third-order valence-corrected chi connectivity index (χ3v) is 2.88. The second kappa shape index (κ2) is 8.78. The molecule has 3 N–H and O–H groups in total. The van der Waals surface area contributed by atoms with E-state index in [0.29, 0.717) is 0 Å². The molecule has 0 saturated heterocycles. The number of nitrogens with two attached hydrogens (primary N) is 1. The van der Waals surface area contributed by atoms with Crippen LogP contribution in [0.25, 0.3) is 0 Å². The molecule has 0 aromatic heterocycles. The molecular weight excluding hydrogens is 288 g/mol. The van der Waals surface area contributed by atoms with Gasteiger partial charge >= 0.3 is 5.97 Å². The van der Waals surface area contributed by atoms with Gasteiger partial charge in [-0.15, -0.1) is 0 Å². The van der Waals surface area contributed by atoms with Gasteiger partial charge in [-0.3, -0.25) is 4.79 Å². The highest BCUT2D eigenvalue weighted by molar-refractivity contribution is 5.87. The summed E-state index contributed by atoms with van der Waals surface area (Å²) < 4.78 is 5.10. The van der Waals surface area contributed by atoms with Gasteiger partial charge in [0.05, 0.1) is 6.04 Å². The zero-order valence-electron chi connectivity index (χ0n) is 12.3. The summed E-state index contributed by atoms with van der Waals surface area (Å²) in [4.78, 5) is 34.1. The van der Waals surface area contributed by atoms with E-state index in [1.54, 1.807) is 24.3 Å². The Bertz CT molecular complexity index is 516. The van der Waals surface area contributed by atoms with Gasteiger partial charge in [-0.25, -0.2) is 4.79 Å². The summed E-state index contributed by atoms with van der Waals surface area (Å²) in [5.41, 5.74) is 6.20. The van der Waals surface area contributed by atoms with Gasteiger partial charge in [-0.2, -0.15) is 0 Å². The molecule has 22 heavy (non-hydrogen) atoms. The van der Waals surface area contributed by atoms with Crippen molar-refractivity contribution in [3.8, 4) is 0 Å². The quantitative estimate of drug-likeness (QED) is 0.600. The maximum Gasteiger partial charge on any atom is 0.328 e. The Labute approximate surface area is 128 Å². The van der Waals surface area contributed by atoms with Crippen molar-refractivity contribution in [3.63, 3.8) is 0 Å². The average molecular weight is 307 g/mol. The van der Waals surface area contributed by atoms with Gasteiger partial charge in [-0.1, -0.05) is 30.3 Å². The van der Waals surface area contributed by atoms with Gasteiger partial charge in [0.2, 0.25) is 5.91 Å². The number of aliphatic carboxylic acids is 1. The number of hydrogen-bond acceptors (Lipinski definition) is 6. The minimum absolute atomic E-state index is 0.0372. The van der Waals surface area contributed by atoms with Crippen molar-refractivity contribution >= 4 is 17.8 Å². The molecule has 1 rings (SSSR count). The molecule has 0 aliphatic rings. The number of carboxylic acid groups (broad SMARTS) is 1. The monoisotopic (exact) mass is 307 g/mol. The van der Waals surface area contributed by atoms with Crippen molar-refractivity contribution in [2.45, 2.75) is 38.5 Å². The molecule has 1 amide bonds. The van der Waals surface area contributed by atoms with Crippen LogP contribution in [0.3, 0.4) is 0 Å². The second-order valence-electron chi connectivity index (χ2n) is 4.85. The number of amides is 1. The Morgan fingerprint density at radius 3 is 2.45 bits per heavy atom. The largest absolute Gasteiger partial charge is 0.550 e. The van der Waals surface area contributed by atoms with Crippen molar-refractivity contribution < 1.29 is 24.2 Å². The van der Waals surface area contributed by atoms with E-state index in [-0.39, 0.29) is 19.4 Å². The fourth-order valence-corrected chi connectivity index (χ4v) is 1.64. The molecule has 0 bridgehead atoms. The highest BCUT2D eigenvalue weighted by atomic mass is 16.5. The van der Waals surface area contributed by atoms with E-state index in [2.05, 4.69) is 5.32 Å². The lowest BCUT2D eigenvalue weighted by atomic mass is 10.1. The van der Waals surface area contributed by atoms with Gasteiger partial charge in [-0.05, 0) is 25.3 Å². The highest BCUT2D eigenvalue weighted by Gasteiger charge is 2.23. The standard InChI is InChI=1S/C15H20N2O5/c1-10(16)14(20)17-12(7-8-13(18)19)15(21)22-9-11-5-3-2-4-6-11/h2-6,10,12H,7-9,16H2,1H3,(H,17,20)(H,18,19)/p-1/t10-,12+/m0/s1. The lowest BCUT2D eigenvalue weighted by Gasteiger charge is -2.19. The first kappa shape index (κ1) is 17.6. The lowest BCUT2D eigenvalue weighted by molar-refractivity contribution is -0.305. The van der Waals surface area contributed by atoms with Crippen molar-refractivity contribution in [2.75, 3.05) is 0 Å². The normalized spacial score (nSPS) is 13.0. The highest BCUT2D eigenvalue weighted by Crippen LogP contribution is 2.05. The molecule has 0 heterocycles. The maximum atomic E-state index is 12.0. The van der Waals surface area contributed by atoms with Gasteiger partial charge < -0.3 is 25.7 Å². The van der Waals surface area contributed by atoms with Crippen molar-refractivity contribution in [1.29, 1.82) is 0 Å². The topological polar surface area (TPSA) is 122 Å². The fraction of sp³-hybridized carbons (Fsp3) is 0.400. The van der Waals surface area contributed by atoms with Crippen LogP contribution < -0.4 is 16.2 Å². The van der Waals surface area contributed by atoms with Crippen LogP contribution in [-0.4, -0.2) is 29.9 Å². The molecular formula is C15H19N2O5-. The van der Waals surface area contributed by atoms with Crippen LogP contribution in [0.5, 0.6) is 0 Å². The van der Waals surface area contributed by atoms with Crippen LogP contribution in [0.2, 0.25) is 0 Å². The molecule has 1 aromatic rings. The van der Waals surface area contributed by atoms with Crippen LogP contribution in [0.4, 0.5) is 0 Å². The van der Waals surface area contributed by atoms with E-state index in [1.165, 1.54) is 6.92 Å². The minimum Gasteiger partial charge on any atom is -0.550 e. The van der Waals surface area contributed by atoms with Gasteiger partial charge in [0, 0.05) is 5.97 Å².